The van der Waals surface area contributed by atoms with E-state index in [2.05, 4.69) is 10.5 Å². The first-order valence-electron chi connectivity index (χ1n) is 7.17. The van der Waals surface area contributed by atoms with Crippen LogP contribution in [0, 0.1) is 6.92 Å². The maximum atomic E-state index is 12.4. The molecule has 1 aromatic carbocycles. The third kappa shape index (κ3) is 2.30. The Labute approximate surface area is 132 Å². The summed E-state index contributed by atoms with van der Waals surface area (Å²) in [6.45, 7) is 3.55. The van der Waals surface area contributed by atoms with Gasteiger partial charge in [0.1, 0.15) is 11.3 Å². The number of hydrogen-bond donors (Lipinski definition) is 1. The van der Waals surface area contributed by atoms with Gasteiger partial charge < -0.3 is 9.84 Å². The second kappa shape index (κ2) is 5.35. The molecule has 0 atom stereocenters. The molecule has 7 nitrogen and oxygen atoms in total. The van der Waals surface area contributed by atoms with E-state index in [-0.39, 0.29) is 23.3 Å². The zero-order valence-corrected chi connectivity index (χ0v) is 13.0. The minimum Gasteiger partial charge on any atom is -0.361 e. The molecule has 1 aliphatic rings. The van der Waals surface area contributed by atoms with E-state index >= 15 is 0 Å². The van der Waals surface area contributed by atoms with Gasteiger partial charge in [0.15, 0.2) is 0 Å². The lowest BCUT2D eigenvalue weighted by molar-refractivity contribution is 0.0692. The number of amides is 3. The van der Waals surface area contributed by atoms with E-state index in [9.17, 15) is 14.4 Å². The summed E-state index contributed by atoms with van der Waals surface area (Å²) in [6, 6.07) is 4.64. The Morgan fingerprint density at radius 3 is 2.65 bits per heavy atom. The van der Waals surface area contributed by atoms with Crippen LogP contribution in [0.25, 0.3) is 0 Å². The molecule has 2 aromatic rings. The zero-order valence-electron chi connectivity index (χ0n) is 13.0. The van der Waals surface area contributed by atoms with Gasteiger partial charge in [-0.05, 0) is 31.5 Å². The first kappa shape index (κ1) is 15.0. The number of hydrogen-bond acceptors (Lipinski definition) is 5. The number of fused-ring (bicyclic) bond motifs is 1. The van der Waals surface area contributed by atoms with Gasteiger partial charge in [-0.15, -0.1) is 0 Å². The monoisotopic (exact) mass is 313 g/mol. The molecular weight excluding hydrogens is 298 g/mol. The molecular formula is C16H15N3O4. The standard InChI is InChI=1S/C16H15N3O4/c1-4-12-13(8(2)23-18-12)14(20)17-9-5-6-10-11(7-9)16(22)19(3)15(10)21/h5-7H,4H2,1-3H3,(H,17,20). The molecule has 1 N–H and O–H groups in total. The highest BCUT2D eigenvalue weighted by Crippen LogP contribution is 2.25. The molecule has 0 unspecified atom stereocenters. The Balaban J connectivity index is 1.90. The highest BCUT2D eigenvalue weighted by Gasteiger charge is 2.33. The van der Waals surface area contributed by atoms with E-state index < -0.39 is 0 Å². The van der Waals surface area contributed by atoms with E-state index in [1.54, 1.807) is 13.0 Å². The fourth-order valence-electron chi connectivity index (χ4n) is 2.58. The van der Waals surface area contributed by atoms with Crippen LogP contribution in [-0.2, 0) is 6.42 Å². The minimum absolute atomic E-state index is 0.285. The van der Waals surface area contributed by atoms with Gasteiger partial charge in [0.2, 0.25) is 0 Å². The molecule has 1 aliphatic heterocycles. The summed E-state index contributed by atoms with van der Waals surface area (Å²) >= 11 is 0. The van der Waals surface area contributed by atoms with Gasteiger partial charge >= 0.3 is 0 Å². The number of nitrogens with zero attached hydrogens (tertiary/aromatic N) is 2. The molecule has 3 amide bonds. The molecule has 0 saturated heterocycles. The van der Waals surface area contributed by atoms with Gasteiger partial charge in [-0.25, -0.2) is 0 Å². The summed E-state index contributed by atoms with van der Waals surface area (Å²) in [4.78, 5) is 37.3. The van der Waals surface area contributed by atoms with Crippen molar-refractivity contribution in [2.24, 2.45) is 0 Å². The van der Waals surface area contributed by atoms with Crippen molar-refractivity contribution in [3.63, 3.8) is 0 Å². The van der Waals surface area contributed by atoms with Crippen molar-refractivity contribution in [2.45, 2.75) is 20.3 Å². The van der Waals surface area contributed by atoms with Crippen LogP contribution in [0.2, 0.25) is 0 Å². The summed E-state index contributed by atoms with van der Waals surface area (Å²) in [7, 11) is 1.43. The Morgan fingerprint density at radius 2 is 1.96 bits per heavy atom. The number of nitrogens with one attached hydrogen (secondary N) is 1. The highest BCUT2D eigenvalue weighted by molar-refractivity contribution is 6.21. The van der Waals surface area contributed by atoms with Crippen molar-refractivity contribution < 1.29 is 18.9 Å². The second-order valence-corrected chi connectivity index (χ2v) is 5.30. The number of aromatic nitrogens is 1. The largest absolute Gasteiger partial charge is 0.361 e. The first-order valence-corrected chi connectivity index (χ1v) is 7.17. The maximum absolute atomic E-state index is 12.4. The average molecular weight is 313 g/mol. The van der Waals surface area contributed by atoms with E-state index in [0.29, 0.717) is 34.7 Å². The first-order chi connectivity index (χ1) is 10.9. The number of imide groups is 1. The van der Waals surface area contributed by atoms with Crippen LogP contribution in [0.1, 0.15) is 49.5 Å². The number of benzene rings is 1. The SMILES string of the molecule is CCc1noc(C)c1C(=O)Nc1ccc2c(c1)C(=O)N(C)C2=O. The lowest BCUT2D eigenvalue weighted by Gasteiger charge is -2.06. The van der Waals surface area contributed by atoms with Crippen LogP contribution in [0.15, 0.2) is 22.7 Å². The highest BCUT2D eigenvalue weighted by atomic mass is 16.5. The third-order valence-electron chi connectivity index (χ3n) is 3.84. The molecule has 0 saturated carbocycles. The topological polar surface area (TPSA) is 92.5 Å². The van der Waals surface area contributed by atoms with Gasteiger partial charge in [0.25, 0.3) is 17.7 Å². The van der Waals surface area contributed by atoms with Gasteiger partial charge in [0.05, 0.1) is 16.8 Å². The fraction of sp³-hybridized carbons (Fsp3) is 0.250. The van der Waals surface area contributed by atoms with Gasteiger partial charge in [-0.3, -0.25) is 19.3 Å². The predicted octanol–water partition coefficient (Wildman–Crippen LogP) is 2.02. The maximum Gasteiger partial charge on any atom is 0.261 e. The average Bonchev–Trinajstić information content (AvgIpc) is 3.01. The van der Waals surface area contributed by atoms with Crippen molar-refractivity contribution in [3.8, 4) is 0 Å². The van der Waals surface area contributed by atoms with E-state index in [4.69, 9.17) is 4.52 Å². The lowest BCUT2D eigenvalue weighted by Crippen LogP contribution is -2.24. The molecule has 0 spiro atoms. The van der Waals surface area contributed by atoms with Crippen molar-refractivity contribution in [2.75, 3.05) is 12.4 Å². The fourth-order valence-corrected chi connectivity index (χ4v) is 2.58. The van der Waals surface area contributed by atoms with Crippen molar-refractivity contribution in [1.29, 1.82) is 0 Å². The van der Waals surface area contributed by atoms with Crippen LogP contribution < -0.4 is 5.32 Å². The van der Waals surface area contributed by atoms with E-state index in [1.165, 1.54) is 19.2 Å². The summed E-state index contributed by atoms with van der Waals surface area (Å²) in [6.07, 6.45) is 0.571. The van der Waals surface area contributed by atoms with Crippen molar-refractivity contribution >= 4 is 23.4 Å². The number of rotatable bonds is 3. The van der Waals surface area contributed by atoms with Crippen LogP contribution in [0.4, 0.5) is 5.69 Å². The molecule has 0 radical (unpaired) electrons. The normalized spacial score (nSPS) is 13.4. The second-order valence-electron chi connectivity index (χ2n) is 5.30. The third-order valence-corrected chi connectivity index (χ3v) is 3.84. The van der Waals surface area contributed by atoms with Crippen molar-refractivity contribution in [1.82, 2.24) is 10.1 Å². The molecule has 1 aromatic heterocycles. The summed E-state index contributed by atoms with van der Waals surface area (Å²) < 4.78 is 5.05. The van der Waals surface area contributed by atoms with Crippen molar-refractivity contribution in [3.05, 3.63) is 46.3 Å². The smallest absolute Gasteiger partial charge is 0.261 e. The van der Waals surface area contributed by atoms with E-state index in [0.717, 1.165) is 4.90 Å². The summed E-state index contributed by atoms with van der Waals surface area (Å²) in [5.74, 6) is -0.639. The van der Waals surface area contributed by atoms with Crippen LogP contribution in [0.5, 0.6) is 0 Å². The van der Waals surface area contributed by atoms with Gasteiger partial charge in [-0.1, -0.05) is 12.1 Å². The van der Waals surface area contributed by atoms with Crippen LogP contribution in [-0.4, -0.2) is 34.8 Å². The number of carbonyl (C=O) groups is 3. The molecule has 23 heavy (non-hydrogen) atoms. The molecule has 0 bridgehead atoms. The Kier molecular flexibility index (Phi) is 3.48. The summed E-state index contributed by atoms with van der Waals surface area (Å²) in [5, 5.41) is 6.56. The lowest BCUT2D eigenvalue weighted by atomic mass is 10.1. The quantitative estimate of drug-likeness (QED) is 0.875. The van der Waals surface area contributed by atoms with E-state index in [1.807, 2.05) is 6.92 Å². The summed E-state index contributed by atoms with van der Waals surface area (Å²) in [5.41, 5.74) is 2.03. The van der Waals surface area contributed by atoms with Gasteiger partial charge in [0, 0.05) is 12.7 Å². The minimum atomic E-state index is -0.378. The van der Waals surface area contributed by atoms with Crippen LogP contribution >= 0.6 is 0 Å². The molecule has 3 rings (SSSR count). The Hall–Kier alpha value is -2.96. The zero-order chi connectivity index (χ0) is 16.7. The molecule has 118 valence electrons. The number of carbonyl (C=O) groups excluding carboxylic acids is 3. The molecule has 7 heteroatoms. The number of aryl methyl sites for hydroxylation is 2. The molecule has 0 fully saturated rings. The van der Waals surface area contributed by atoms with Gasteiger partial charge in [-0.2, -0.15) is 0 Å². The number of anilines is 1. The Bertz CT molecular complexity index is 838. The van der Waals surface area contributed by atoms with Crippen LogP contribution in [0.3, 0.4) is 0 Å². The molecule has 0 aliphatic carbocycles. The Morgan fingerprint density at radius 1 is 1.26 bits per heavy atom. The molecule has 2 heterocycles. The predicted molar refractivity (Wildman–Crippen MR) is 81.4 cm³/mol.